The molecule has 8 aromatic rings. The zero-order valence-electron chi connectivity index (χ0n) is 26.4. The molecule has 1 heterocycles. The van der Waals surface area contributed by atoms with Gasteiger partial charge in [-0.05, 0) is 69.8 Å². The Balaban J connectivity index is 1.16. The highest BCUT2D eigenvalue weighted by Crippen LogP contribution is 2.53. The predicted octanol–water partition coefficient (Wildman–Crippen LogP) is 12.7. The number of hydrogen-bond donors (Lipinski definition) is 0. The molecule has 7 aromatic carbocycles. The molecule has 224 valence electrons. The van der Waals surface area contributed by atoms with Crippen LogP contribution in [0.15, 0.2) is 168 Å². The molecule has 2 nitrogen and oxygen atoms in total. The van der Waals surface area contributed by atoms with Crippen molar-refractivity contribution in [1.82, 2.24) is 0 Å². The van der Waals surface area contributed by atoms with Crippen LogP contribution in [0.5, 0.6) is 0 Å². The van der Waals surface area contributed by atoms with Gasteiger partial charge < -0.3 is 9.32 Å². The highest BCUT2D eigenvalue weighted by Gasteiger charge is 2.37. The molecule has 9 rings (SSSR count). The third-order valence-corrected chi connectivity index (χ3v) is 9.87. The van der Waals surface area contributed by atoms with Gasteiger partial charge in [-0.2, -0.15) is 0 Å². The number of para-hydroxylation sites is 2. The second-order valence-electron chi connectivity index (χ2n) is 13.0. The van der Waals surface area contributed by atoms with Gasteiger partial charge in [-0.3, -0.25) is 0 Å². The summed E-state index contributed by atoms with van der Waals surface area (Å²) in [6.07, 6.45) is 0. The third kappa shape index (κ3) is 4.33. The number of benzene rings is 7. The van der Waals surface area contributed by atoms with Crippen molar-refractivity contribution >= 4 is 39.0 Å². The summed E-state index contributed by atoms with van der Waals surface area (Å²) in [4.78, 5) is 2.32. The summed E-state index contributed by atoms with van der Waals surface area (Å²) < 4.78 is 6.89. The Hall–Kier alpha value is -5.86. The van der Waals surface area contributed by atoms with Gasteiger partial charge in [-0.1, -0.05) is 141 Å². The van der Waals surface area contributed by atoms with Crippen molar-refractivity contribution in [3.05, 3.63) is 175 Å². The molecule has 0 aliphatic heterocycles. The van der Waals surface area contributed by atoms with Crippen molar-refractivity contribution in [1.29, 1.82) is 0 Å². The van der Waals surface area contributed by atoms with E-state index in [0.717, 1.165) is 44.7 Å². The third-order valence-electron chi connectivity index (χ3n) is 9.87. The van der Waals surface area contributed by atoms with Gasteiger partial charge in [0.2, 0.25) is 0 Å². The van der Waals surface area contributed by atoms with Crippen molar-refractivity contribution < 1.29 is 4.42 Å². The van der Waals surface area contributed by atoms with E-state index >= 15 is 0 Å². The van der Waals surface area contributed by atoms with E-state index in [1.54, 1.807) is 0 Å². The monoisotopic (exact) mass is 603 g/mol. The molecule has 0 atom stereocenters. The van der Waals surface area contributed by atoms with E-state index in [9.17, 15) is 0 Å². The molecule has 0 saturated heterocycles. The second-order valence-corrected chi connectivity index (χ2v) is 13.0. The van der Waals surface area contributed by atoms with Crippen molar-refractivity contribution in [2.45, 2.75) is 19.3 Å². The summed E-state index contributed by atoms with van der Waals surface area (Å²) in [7, 11) is 0. The first-order chi connectivity index (χ1) is 23.1. The lowest BCUT2D eigenvalue weighted by atomic mass is 9.82. The van der Waals surface area contributed by atoms with Crippen LogP contribution in [0.1, 0.15) is 25.0 Å². The minimum absolute atomic E-state index is 0.0665. The molecule has 2 heteroatoms. The minimum atomic E-state index is -0.0665. The van der Waals surface area contributed by atoms with Crippen LogP contribution in [0, 0.1) is 0 Å². The van der Waals surface area contributed by atoms with Crippen LogP contribution >= 0.6 is 0 Å². The number of rotatable bonds is 5. The van der Waals surface area contributed by atoms with E-state index in [1.165, 1.54) is 38.8 Å². The topological polar surface area (TPSA) is 16.4 Å². The Morgan fingerprint density at radius 1 is 0.426 bits per heavy atom. The summed E-state index contributed by atoms with van der Waals surface area (Å²) >= 11 is 0. The molecule has 1 aliphatic rings. The van der Waals surface area contributed by atoms with Crippen LogP contribution < -0.4 is 4.90 Å². The smallest absolute Gasteiger partial charge is 0.143 e. The zero-order chi connectivity index (χ0) is 31.5. The van der Waals surface area contributed by atoms with Gasteiger partial charge >= 0.3 is 0 Å². The average molecular weight is 604 g/mol. The van der Waals surface area contributed by atoms with E-state index in [0.29, 0.717) is 0 Å². The summed E-state index contributed by atoms with van der Waals surface area (Å²) in [5, 5.41) is 2.31. The number of furan rings is 1. The zero-order valence-corrected chi connectivity index (χ0v) is 26.4. The molecule has 0 unspecified atom stereocenters. The lowest BCUT2D eigenvalue weighted by Crippen LogP contribution is -2.14. The Kier molecular flexibility index (Phi) is 6.20. The van der Waals surface area contributed by atoms with Crippen LogP contribution in [-0.4, -0.2) is 0 Å². The van der Waals surface area contributed by atoms with Gasteiger partial charge in [0.25, 0.3) is 0 Å². The first-order valence-corrected chi connectivity index (χ1v) is 16.3. The van der Waals surface area contributed by atoms with Gasteiger partial charge in [0.15, 0.2) is 0 Å². The fourth-order valence-electron chi connectivity index (χ4n) is 7.54. The quantitative estimate of drug-likeness (QED) is 0.195. The molecule has 0 N–H and O–H groups in total. The highest BCUT2D eigenvalue weighted by atomic mass is 16.3. The van der Waals surface area contributed by atoms with Gasteiger partial charge in [0.05, 0.1) is 0 Å². The molecule has 47 heavy (non-hydrogen) atoms. The molecular weight excluding hydrogens is 571 g/mol. The number of anilines is 3. The van der Waals surface area contributed by atoms with Crippen LogP contribution in [0.25, 0.3) is 55.3 Å². The van der Waals surface area contributed by atoms with Crippen LogP contribution in [0.3, 0.4) is 0 Å². The van der Waals surface area contributed by atoms with Crippen molar-refractivity contribution in [3.8, 4) is 33.4 Å². The predicted molar refractivity (Wildman–Crippen MR) is 197 cm³/mol. The largest absolute Gasteiger partial charge is 0.455 e. The van der Waals surface area contributed by atoms with E-state index in [2.05, 4.69) is 183 Å². The first-order valence-electron chi connectivity index (χ1n) is 16.3. The number of fused-ring (bicyclic) bond motifs is 7. The van der Waals surface area contributed by atoms with Gasteiger partial charge in [0, 0.05) is 44.4 Å². The lowest BCUT2D eigenvalue weighted by molar-refractivity contribution is 0.653. The van der Waals surface area contributed by atoms with Gasteiger partial charge in [-0.15, -0.1) is 0 Å². The van der Waals surface area contributed by atoms with Crippen molar-refractivity contribution in [2.24, 2.45) is 0 Å². The maximum Gasteiger partial charge on any atom is 0.143 e. The van der Waals surface area contributed by atoms with Gasteiger partial charge in [0.1, 0.15) is 11.2 Å². The normalized spacial score (nSPS) is 13.1. The fourth-order valence-corrected chi connectivity index (χ4v) is 7.54. The van der Waals surface area contributed by atoms with E-state index in [4.69, 9.17) is 4.42 Å². The van der Waals surface area contributed by atoms with E-state index < -0.39 is 0 Å². The molecular formula is C45H33NO. The maximum absolute atomic E-state index is 6.89. The van der Waals surface area contributed by atoms with Crippen LogP contribution in [0.4, 0.5) is 17.1 Å². The SMILES string of the molecule is CC1(C)c2ccccc2-c2c1ccc1c2oc2c(-c3ccc(N(c4ccccc4)c4cccc(-c5ccccc5)c4)cc3)cccc21. The molecule has 0 saturated carbocycles. The summed E-state index contributed by atoms with van der Waals surface area (Å²) in [6.45, 7) is 4.63. The Morgan fingerprint density at radius 2 is 1.04 bits per heavy atom. The molecule has 0 fully saturated rings. The van der Waals surface area contributed by atoms with Crippen molar-refractivity contribution in [3.63, 3.8) is 0 Å². The van der Waals surface area contributed by atoms with Crippen LogP contribution in [0.2, 0.25) is 0 Å². The lowest BCUT2D eigenvalue weighted by Gasteiger charge is -2.26. The molecule has 0 bridgehead atoms. The average Bonchev–Trinajstić information content (AvgIpc) is 3.62. The Labute approximate surface area is 275 Å². The Bertz CT molecular complexity index is 2420. The molecule has 0 spiro atoms. The van der Waals surface area contributed by atoms with Gasteiger partial charge in [-0.25, -0.2) is 0 Å². The fraction of sp³-hybridized carbons (Fsp3) is 0.0667. The molecule has 0 amide bonds. The molecule has 0 radical (unpaired) electrons. The minimum Gasteiger partial charge on any atom is -0.455 e. The molecule has 1 aliphatic carbocycles. The summed E-state index contributed by atoms with van der Waals surface area (Å²) in [5.74, 6) is 0. The first kappa shape index (κ1) is 27.5. The Morgan fingerprint density at radius 3 is 1.85 bits per heavy atom. The number of nitrogens with zero attached hydrogens (tertiary/aromatic N) is 1. The summed E-state index contributed by atoms with van der Waals surface area (Å²) in [6, 6.07) is 58.6. The highest BCUT2D eigenvalue weighted by molar-refractivity contribution is 6.14. The van der Waals surface area contributed by atoms with Crippen LogP contribution in [-0.2, 0) is 5.41 Å². The standard InChI is InChI=1S/C45H33NO/c1-45(2)40-22-10-9-19-39(40)42-41(45)28-27-38-37-21-12-20-36(43(37)47-44(38)42)31-23-25-34(26-24-31)46(33-16-7-4-8-17-33)35-18-11-15-32(29-35)30-13-5-3-6-14-30/h3-29H,1-2H3. The summed E-state index contributed by atoms with van der Waals surface area (Å²) in [5.41, 5.74) is 15.0. The molecule has 1 aromatic heterocycles. The van der Waals surface area contributed by atoms with E-state index in [1.807, 2.05) is 0 Å². The van der Waals surface area contributed by atoms with Crippen molar-refractivity contribution in [2.75, 3.05) is 4.90 Å². The number of hydrogen-bond acceptors (Lipinski definition) is 2. The van der Waals surface area contributed by atoms with E-state index in [-0.39, 0.29) is 5.41 Å². The second kappa shape index (κ2) is 10.6. The maximum atomic E-state index is 6.89.